The number of hydrogen-bond donors (Lipinski definition) is 2. The third-order valence-corrected chi connectivity index (χ3v) is 15.1. The smallest absolute Gasteiger partial charge is 0.391 e. The molecule has 1 aromatic carbocycles. The lowest BCUT2D eigenvalue weighted by Gasteiger charge is -2.34. The standard InChI is InChI=1S/C45H53F3N6O8S/c1-27-37(61-2)15-14-34-38(23-35(50-40(27)34)29-10-8-18-49-25-29)62-32-22-36-41(56)51-44(43(58)52-63(59,60)33-12-13-33)24-31(44)11-7-5-3-4-6-9-28(42(57)54(36)26-32)21-39(55)53-19-16-30(17-20-53)45(46,47)48/h7-8,10-11,14-15,18,23,25,28,30-33,36H,3-6,9,12-13,16-17,19-22,24,26H2,1-2H3,(H,51,56)(H,52,58)/t28-,31?,32-,36+,44-/m1/s1. The van der Waals surface area contributed by atoms with Crippen molar-refractivity contribution in [2.75, 3.05) is 26.7 Å². The number of rotatable bonds is 9. The number of alkyl halides is 3. The maximum absolute atomic E-state index is 14.9. The molecular weight excluding hydrogens is 842 g/mol. The Hall–Kier alpha value is -5.26. The van der Waals surface area contributed by atoms with Crippen LogP contribution in [0.2, 0.25) is 0 Å². The average molecular weight is 895 g/mol. The van der Waals surface area contributed by atoms with Gasteiger partial charge in [0.25, 0.3) is 5.91 Å². The zero-order valence-electron chi connectivity index (χ0n) is 35.4. The van der Waals surface area contributed by atoms with Crippen LogP contribution in [-0.2, 0) is 29.2 Å². The Bertz CT molecular complexity index is 2390. The number of piperidine rings is 1. The monoisotopic (exact) mass is 894 g/mol. The molecule has 18 heteroatoms. The van der Waals surface area contributed by atoms with Gasteiger partial charge in [-0.05, 0) is 82.6 Å². The SMILES string of the molecule is COc1ccc2c(O[C@@H]3C[C@H]4C(=O)N[C@]5(C(=O)NS(=O)(=O)C6CC6)CC5C=CCCCCC[C@H](CC(=O)N5CCC(C(F)(F)F)CC5)C(=O)N4C3)cc(-c3cccnc3)nc2c1C. The molecule has 2 aromatic heterocycles. The molecule has 5 aliphatic rings. The van der Waals surface area contributed by atoms with Crippen LogP contribution in [-0.4, -0.2) is 108 Å². The number of benzene rings is 1. The van der Waals surface area contributed by atoms with Crippen molar-refractivity contribution in [2.45, 2.75) is 113 Å². The fraction of sp³-hybridized carbons (Fsp3) is 0.556. The number of carbonyl (C=O) groups is 4. The van der Waals surface area contributed by atoms with Crippen LogP contribution in [0.3, 0.4) is 0 Å². The van der Waals surface area contributed by atoms with Crippen molar-refractivity contribution in [1.29, 1.82) is 0 Å². The first kappa shape index (κ1) is 44.4. The molecule has 5 heterocycles. The van der Waals surface area contributed by atoms with E-state index in [0.29, 0.717) is 66.6 Å². The van der Waals surface area contributed by atoms with Gasteiger partial charge in [-0.25, -0.2) is 13.4 Å². The topological polar surface area (TPSA) is 177 Å². The molecule has 2 aliphatic carbocycles. The molecule has 8 rings (SSSR count). The number of nitrogens with one attached hydrogen (secondary N) is 2. The summed E-state index contributed by atoms with van der Waals surface area (Å²) < 4.78 is 81.0. The van der Waals surface area contributed by atoms with E-state index in [2.05, 4.69) is 15.0 Å². The van der Waals surface area contributed by atoms with Gasteiger partial charge in [0.1, 0.15) is 29.2 Å². The molecule has 5 atom stereocenters. The van der Waals surface area contributed by atoms with Crippen molar-refractivity contribution in [3.63, 3.8) is 0 Å². The zero-order chi connectivity index (χ0) is 44.7. The molecular formula is C45H53F3N6O8S. The summed E-state index contributed by atoms with van der Waals surface area (Å²) in [6.45, 7) is 1.66. The van der Waals surface area contributed by atoms with Crippen LogP contribution in [0.5, 0.6) is 11.5 Å². The van der Waals surface area contributed by atoms with Gasteiger partial charge in [-0.15, -0.1) is 0 Å². The van der Waals surface area contributed by atoms with E-state index in [0.717, 1.165) is 17.5 Å². The van der Waals surface area contributed by atoms with Gasteiger partial charge in [-0.2, -0.15) is 13.2 Å². The number of ether oxygens (including phenoxy) is 2. The van der Waals surface area contributed by atoms with Gasteiger partial charge >= 0.3 is 6.18 Å². The number of methoxy groups -OCH3 is 1. The lowest BCUT2D eigenvalue weighted by atomic mass is 9.92. The minimum atomic E-state index is -4.35. The van der Waals surface area contributed by atoms with Crippen LogP contribution in [0.25, 0.3) is 22.2 Å². The number of pyridine rings is 2. The molecule has 0 bridgehead atoms. The van der Waals surface area contributed by atoms with Crippen LogP contribution < -0.4 is 19.5 Å². The molecule has 4 amide bonds. The highest BCUT2D eigenvalue weighted by Crippen LogP contribution is 2.46. The van der Waals surface area contributed by atoms with Gasteiger partial charge in [0.15, 0.2) is 0 Å². The quantitative estimate of drug-likeness (QED) is 0.251. The third-order valence-electron chi connectivity index (χ3n) is 13.3. The number of aryl methyl sites for hydroxylation is 1. The largest absolute Gasteiger partial charge is 0.496 e. The van der Waals surface area contributed by atoms with Crippen LogP contribution in [0.15, 0.2) is 54.9 Å². The van der Waals surface area contributed by atoms with Crippen LogP contribution in [0.1, 0.15) is 82.6 Å². The summed E-state index contributed by atoms with van der Waals surface area (Å²) >= 11 is 0. The fourth-order valence-electron chi connectivity index (χ4n) is 9.32. The second-order valence-corrected chi connectivity index (χ2v) is 19.6. The molecule has 4 fully saturated rings. The summed E-state index contributed by atoms with van der Waals surface area (Å²) in [6.07, 6.45) is 5.25. The van der Waals surface area contributed by atoms with Crippen molar-refractivity contribution in [3.05, 3.63) is 60.4 Å². The number of likely N-dealkylation sites (tertiary alicyclic amines) is 1. The van der Waals surface area contributed by atoms with Gasteiger partial charge in [0, 0.05) is 72.7 Å². The number of allylic oxidation sites excluding steroid dienone is 1. The van der Waals surface area contributed by atoms with Crippen molar-refractivity contribution in [1.82, 2.24) is 29.8 Å². The van der Waals surface area contributed by atoms with Crippen molar-refractivity contribution >= 4 is 44.6 Å². The normalized spacial score (nSPS) is 26.2. The second kappa shape index (κ2) is 17.7. The number of sulfonamides is 1. The molecule has 338 valence electrons. The number of carbonyl (C=O) groups excluding carboxylic acids is 4. The Balaban J connectivity index is 1.12. The lowest BCUT2D eigenvalue weighted by molar-refractivity contribution is -0.186. The molecule has 1 unspecified atom stereocenters. The van der Waals surface area contributed by atoms with Gasteiger partial charge in [0.05, 0.1) is 36.0 Å². The maximum Gasteiger partial charge on any atom is 0.391 e. The highest BCUT2D eigenvalue weighted by Gasteiger charge is 2.62. The minimum Gasteiger partial charge on any atom is -0.496 e. The Morgan fingerprint density at radius 3 is 2.51 bits per heavy atom. The molecule has 2 N–H and O–H groups in total. The number of halogens is 3. The summed E-state index contributed by atoms with van der Waals surface area (Å²) in [5.74, 6) is -4.25. The van der Waals surface area contributed by atoms with E-state index < -0.39 is 80.5 Å². The van der Waals surface area contributed by atoms with Crippen molar-refractivity contribution < 1.29 is 50.2 Å². The fourth-order valence-corrected chi connectivity index (χ4v) is 10.7. The number of amides is 4. The van der Waals surface area contributed by atoms with E-state index in [1.807, 2.05) is 31.2 Å². The number of nitrogens with zero attached hydrogens (tertiary/aromatic N) is 4. The second-order valence-electron chi connectivity index (χ2n) is 17.6. The van der Waals surface area contributed by atoms with Crippen molar-refractivity contribution in [3.8, 4) is 22.8 Å². The average Bonchev–Trinajstić information content (AvgIpc) is 4.19. The van der Waals surface area contributed by atoms with E-state index in [4.69, 9.17) is 14.5 Å². The molecule has 0 radical (unpaired) electrons. The van der Waals surface area contributed by atoms with Gasteiger partial charge in [0.2, 0.25) is 27.7 Å². The number of aromatic nitrogens is 2. The lowest BCUT2D eigenvalue weighted by Crippen LogP contribution is -2.57. The minimum absolute atomic E-state index is 0.0110. The summed E-state index contributed by atoms with van der Waals surface area (Å²) in [6, 6.07) is 7.85. The van der Waals surface area contributed by atoms with Gasteiger partial charge in [-0.1, -0.05) is 25.0 Å². The van der Waals surface area contributed by atoms with Crippen LogP contribution in [0.4, 0.5) is 13.2 Å². The Kier molecular flexibility index (Phi) is 12.5. The highest BCUT2D eigenvalue weighted by molar-refractivity contribution is 7.91. The van der Waals surface area contributed by atoms with Gasteiger partial charge in [-0.3, -0.25) is 28.9 Å². The van der Waals surface area contributed by atoms with E-state index in [-0.39, 0.29) is 51.7 Å². The number of hydrogen-bond acceptors (Lipinski definition) is 10. The highest BCUT2D eigenvalue weighted by atomic mass is 32.2. The van der Waals surface area contributed by atoms with Crippen molar-refractivity contribution in [2.24, 2.45) is 17.8 Å². The Morgan fingerprint density at radius 1 is 1.03 bits per heavy atom. The first-order valence-electron chi connectivity index (χ1n) is 21.8. The van der Waals surface area contributed by atoms with Crippen LogP contribution in [0, 0.1) is 24.7 Å². The summed E-state index contributed by atoms with van der Waals surface area (Å²) in [5.41, 5.74) is 1.07. The van der Waals surface area contributed by atoms with Gasteiger partial charge < -0.3 is 24.6 Å². The first-order chi connectivity index (χ1) is 30.1. The number of fused-ring (bicyclic) bond motifs is 3. The summed E-state index contributed by atoms with van der Waals surface area (Å²) in [7, 11) is -2.39. The molecule has 2 saturated carbocycles. The molecule has 2 saturated heterocycles. The summed E-state index contributed by atoms with van der Waals surface area (Å²) in [4.78, 5) is 69.2. The zero-order valence-corrected chi connectivity index (χ0v) is 36.2. The van der Waals surface area contributed by atoms with Crippen LogP contribution >= 0.6 is 0 Å². The predicted molar refractivity (Wildman–Crippen MR) is 226 cm³/mol. The Morgan fingerprint density at radius 2 is 1.81 bits per heavy atom. The van der Waals surface area contributed by atoms with E-state index >= 15 is 0 Å². The predicted octanol–water partition coefficient (Wildman–Crippen LogP) is 5.77. The molecule has 63 heavy (non-hydrogen) atoms. The van der Waals surface area contributed by atoms with E-state index in [1.54, 1.807) is 37.7 Å². The molecule has 14 nitrogen and oxygen atoms in total. The van der Waals surface area contributed by atoms with E-state index in [1.165, 1.54) is 9.80 Å². The molecule has 0 spiro atoms. The Labute approximate surface area is 364 Å². The van der Waals surface area contributed by atoms with E-state index in [9.17, 15) is 40.8 Å². The maximum atomic E-state index is 14.9. The molecule has 3 aliphatic heterocycles. The summed E-state index contributed by atoms with van der Waals surface area (Å²) in [5, 5.41) is 2.86. The molecule has 3 aromatic rings. The first-order valence-corrected chi connectivity index (χ1v) is 23.4. The third kappa shape index (κ3) is 9.51.